The number of rotatable bonds is 16. The van der Waals surface area contributed by atoms with Gasteiger partial charge in [-0.2, -0.15) is 0 Å². The van der Waals surface area contributed by atoms with Crippen LogP contribution in [0, 0.1) is 0 Å². The van der Waals surface area contributed by atoms with Gasteiger partial charge in [0.25, 0.3) is 0 Å². The number of hydrogen-bond donors (Lipinski definition) is 2. The number of ether oxygens (including phenoxy) is 2. The van der Waals surface area contributed by atoms with Crippen molar-refractivity contribution in [1.82, 2.24) is 0 Å². The molecule has 2 saturated heterocycles. The van der Waals surface area contributed by atoms with Crippen LogP contribution in [0.1, 0.15) is 91.9 Å². The van der Waals surface area contributed by atoms with Crippen molar-refractivity contribution in [2.45, 2.75) is 126 Å². The van der Waals surface area contributed by atoms with Crippen LogP contribution in [-0.4, -0.2) is 64.5 Å². The molecular formula is C22H38O8S. The third kappa shape index (κ3) is 4.93. The molecule has 2 heterocycles. The topological polar surface area (TPSA) is 134 Å². The zero-order valence-electron chi connectivity index (χ0n) is 19.1. The Balaban J connectivity index is 2.29. The number of carbonyl (C=O) groups is 2. The van der Waals surface area contributed by atoms with Gasteiger partial charge in [-0.3, -0.25) is 9.59 Å². The van der Waals surface area contributed by atoms with E-state index in [1.54, 1.807) is 0 Å². The maximum atomic E-state index is 13.9. The zero-order chi connectivity index (χ0) is 23.4. The van der Waals surface area contributed by atoms with Gasteiger partial charge in [-0.15, -0.1) is 0 Å². The zero-order valence-corrected chi connectivity index (χ0v) is 19.9. The highest BCUT2D eigenvalue weighted by Gasteiger charge is 2.63. The Hall–Kier alpha value is -1.19. The predicted octanol–water partition coefficient (Wildman–Crippen LogP) is 3.56. The Kier molecular flexibility index (Phi) is 8.55. The molecule has 0 amide bonds. The summed E-state index contributed by atoms with van der Waals surface area (Å²) in [6.07, 6.45) is 3.19. The van der Waals surface area contributed by atoms with Crippen molar-refractivity contribution in [3.63, 3.8) is 0 Å². The summed E-state index contributed by atoms with van der Waals surface area (Å²) in [5.74, 6) is -2.96. The lowest BCUT2D eigenvalue weighted by Gasteiger charge is -2.38. The van der Waals surface area contributed by atoms with Crippen molar-refractivity contribution in [2.75, 3.05) is 0 Å². The normalized spacial score (nSPS) is 29.0. The maximum absolute atomic E-state index is 13.9. The molecule has 0 bridgehead atoms. The van der Waals surface area contributed by atoms with Gasteiger partial charge in [0.15, 0.2) is 19.3 Å². The van der Waals surface area contributed by atoms with Gasteiger partial charge in [0, 0.05) is 0 Å². The highest BCUT2D eigenvalue weighted by molar-refractivity contribution is 7.95. The van der Waals surface area contributed by atoms with E-state index in [0.29, 0.717) is 0 Å². The third-order valence-corrected chi connectivity index (χ3v) is 10.5. The molecule has 2 aliphatic rings. The van der Waals surface area contributed by atoms with Crippen LogP contribution in [0.25, 0.3) is 0 Å². The summed E-state index contributed by atoms with van der Waals surface area (Å²) in [4.78, 5) is 24.7. The van der Waals surface area contributed by atoms with Crippen molar-refractivity contribution < 1.29 is 37.7 Å². The fraction of sp³-hybridized carbons (Fsp3) is 0.909. The summed E-state index contributed by atoms with van der Waals surface area (Å²) >= 11 is 0. The molecule has 6 unspecified atom stereocenters. The largest absolute Gasteiger partial charge is 0.480 e. The van der Waals surface area contributed by atoms with Crippen molar-refractivity contribution in [2.24, 2.45) is 0 Å². The van der Waals surface area contributed by atoms with E-state index in [9.17, 15) is 28.2 Å². The van der Waals surface area contributed by atoms with Gasteiger partial charge in [-0.25, -0.2) is 8.42 Å². The number of aliphatic carboxylic acids is 2. The van der Waals surface area contributed by atoms with E-state index in [2.05, 4.69) is 0 Å². The molecule has 2 N–H and O–H groups in total. The van der Waals surface area contributed by atoms with Gasteiger partial charge in [-0.05, 0) is 51.4 Å². The fourth-order valence-electron chi connectivity index (χ4n) is 4.82. The van der Waals surface area contributed by atoms with Crippen LogP contribution in [0.5, 0.6) is 0 Å². The summed E-state index contributed by atoms with van der Waals surface area (Å²) in [6.45, 7) is 7.06. The SMILES string of the molecule is CCCC1OC1CCC(CC)(C(=O)O)S(=O)(=O)C(CC)(CCC1OC1CCC)C(=O)O. The average Bonchev–Trinajstić information content (AvgIpc) is 3.61. The second-order valence-corrected chi connectivity index (χ2v) is 11.5. The molecule has 0 aromatic carbocycles. The molecule has 0 saturated carbocycles. The van der Waals surface area contributed by atoms with Gasteiger partial charge in [0.2, 0.25) is 0 Å². The summed E-state index contributed by atoms with van der Waals surface area (Å²) < 4.78 is 34.5. The summed E-state index contributed by atoms with van der Waals surface area (Å²) in [5, 5.41) is 20.1. The van der Waals surface area contributed by atoms with E-state index in [0.717, 1.165) is 25.7 Å². The van der Waals surface area contributed by atoms with Crippen LogP contribution in [0.3, 0.4) is 0 Å². The molecule has 0 aromatic heterocycles. The Labute approximate surface area is 185 Å². The first-order valence-corrected chi connectivity index (χ1v) is 13.1. The smallest absolute Gasteiger partial charge is 0.325 e. The van der Waals surface area contributed by atoms with Crippen molar-refractivity contribution in [3.8, 4) is 0 Å². The van der Waals surface area contributed by atoms with Crippen LogP contribution in [0.4, 0.5) is 0 Å². The molecule has 2 rings (SSSR count). The standard InChI is InChI=1S/C22H38O8S/c1-5-9-15-17(29-15)11-13-21(7-3,19(23)24)31(27,28)22(8-4,20(25)26)14-12-18-16(30-18)10-6-2/h15-18H,5-14H2,1-4H3,(H,23,24)(H,25,26). The van der Waals surface area contributed by atoms with Gasteiger partial charge >= 0.3 is 11.9 Å². The molecule has 2 aliphatic heterocycles. The molecule has 180 valence electrons. The number of carboxylic acids is 2. The van der Waals surface area contributed by atoms with E-state index < -0.39 is 31.3 Å². The Morgan fingerprint density at radius 2 is 1.03 bits per heavy atom. The molecule has 0 aliphatic carbocycles. The summed E-state index contributed by atoms with van der Waals surface area (Å²) in [6, 6.07) is 0. The van der Waals surface area contributed by atoms with Gasteiger partial charge in [0.1, 0.15) is 0 Å². The second-order valence-electron chi connectivity index (χ2n) is 8.89. The average molecular weight is 463 g/mol. The number of hydrogen-bond acceptors (Lipinski definition) is 6. The van der Waals surface area contributed by atoms with Crippen molar-refractivity contribution in [3.05, 3.63) is 0 Å². The molecule has 0 aromatic rings. The van der Waals surface area contributed by atoms with Crippen LogP contribution < -0.4 is 0 Å². The molecule has 0 spiro atoms. The van der Waals surface area contributed by atoms with Gasteiger partial charge in [0.05, 0.1) is 24.4 Å². The lowest BCUT2D eigenvalue weighted by molar-refractivity contribution is -0.141. The highest BCUT2D eigenvalue weighted by atomic mass is 32.2. The van der Waals surface area contributed by atoms with Crippen LogP contribution in [0.15, 0.2) is 0 Å². The maximum Gasteiger partial charge on any atom is 0.325 e. The van der Waals surface area contributed by atoms with Crippen LogP contribution in [-0.2, 0) is 28.9 Å². The van der Waals surface area contributed by atoms with Crippen LogP contribution >= 0.6 is 0 Å². The van der Waals surface area contributed by atoms with Crippen LogP contribution in [0.2, 0.25) is 0 Å². The monoisotopic (exact) mass is 462 g/mol. The van der Waals surface area contributed by atoms with E-state index in [-0.39, 0.29) is 62.9 Å². The third-order valence-electron chi connectivity index (χ3n) is 7.14. The number of sulfone groups is 1. The van der Waals surface area contributed by atoms with E-state index in [1.165, 1.54) is 13.8 Å². The molecule has 6 atom stereocenters. The van der Waals surface area contributed by atoms with Crippen molar-refractivity contribution in [1.29, 1.82) is 0 Å². The summed E-state index contributed by atoms with van der Waals surface area (Å²) in [7, 11) is -4.59. The molecule has 0 radical (unpaired) electrons. The fourth-order valence-corrected chi connectivity index (χ4v) is 7.56. The number of carboxylic acid groups (broad SMARTS) is 2. The first-order chi connectivity index (χ1) is 14.6. The molecule has 31 heavy (non-hydrogen) atoms. The van der Waals surface area contributed by atoms with Crippen molar-refractivity contribution >= 4 is 21.8 Å². The van der Waals surface area contributed by atoms with E-state index in [4.69, 9.17) is 9.47 Å². The Morgan fingerprint density at radius 3 is 1.29 bits per heavy atom. The highest BCUT2D eigenvalue weighted by Crippen LogP contribution is 2.44. The minimum Gasteiger partial charge on any atom is -0.480 e. The predicted molar refractivity (Wildman–Crippen MR) is 116 cm³/mol. The first kappa shape index (κ1) is 26.1. The molecule has 8 nitrogen and oxygen atoms in total. The lowest BCUT2D eigenvalue weighted by atomic mass is 9.95. The lowest BCUT2D eigenvalue weighted by Crippen LogP contribution is -2.59. The first-order valence-electron chi connectivity index (χ1n) is 11.6. The van der Waals surface area contributed by atoms with E-state index in [1.807, 2.05) is 13.8 Å². The quantitative estimate of drug-likeness (QED) is 0.333. The van der Waals surface area contributed by atoms with Gasteiger partial charge in [-0.1, -0.05) is 40.5 Å². The molecule has 9 heteroatoms. The molecule has 2 fully saturated rings. The minimum atomic E-state index is -4.59. The summed E-state index contributed by atoms with van der Waals surface area (Å²) in [5.41, 5.74) is 0. The Morgan fingerprint density at radius 1 is 0.710 bits per heavy atom. The minimum absolute atomic E-state index is 0.0361. The Bertz CT molecular complexity index is 695. The van der Waals surface area contributed by atoms with E-state index >= 15 is 0 Å². The molecular weight excluding hydrogens is 424 g/mol. The second kappa shape index (κ2) is 10.2. The van der Waals surface area contributed by atoms with Gasteiger partial charge < -0.3 is 19.7 Å². The number of epoxide rings is 2.